The van der Waals surface area contributed by atoms with Gasteiger partial charge in [0.15, 0.2) is 0 Å². The number of rotatable bonds is 1. The van der Waals surface area contributed by atoms with E-state index in [1.54, 1.807) is 11.8 Å². The lowest BCUT2D eigenvalue weighted by molar-refractivity contribution is -0.105. The molecule has 3 nitrogen and oxygen atoms in total. The van der Waals surface area contributed by atoms with Gasteiger partial charge in [0.2, 0.25) is 0 Å². The first kappa shape index (κ1) is 8.81. The highest BCUT2D eigenvalue weighted by atomic mass is 32.2. The monoisotopic (exact) mass is 190 g/mol. The van der Waals surface area contributed by atoms with Crippen LogP contribution in [-0.2, 0) is 4.74 Å². The average Bonchev–Trinajstić information content (AvgIpc) is 2.41. The molecule has 2 heterocycles. The molecule has 2 rings (SSSR count). The smallest absolute Gasteiger partial charge is 0.130 e. The average molecular weight is 190 g/mol. The summed E-state index contributed by atoms with van der Waals surface area (Å²) in [5.74, 6) is 0. The van der Waals surface area contributed by atoms with E-state index in [-0.39, 0.29) is 23.2 Å². The van der Waals surface area contributed by atoms with Gasteiger partial charge in [-0.15, -0.1) is 11.8 Å². The van der Waals surface area contributed by atoms with Crippen molar-refractivity contribution in [1.29, 1.82) is 0 Å². The molecule has 0 unspecified atom stereocenters. The molecular formula is C8H14O3S. The Bertz CT molecular complexity index is 199. The fraction of sp³-hybridized carbons (Fsp3) is 1.00. The van der Waals surface area contributed by atoms with Crippen molar-refractivity contribution in [2.75, 3.05) is 6.61 Å². The lowest BCUT2D eigenvalue weighted by atomic mass is 9.94. The minimum atomic E-state index is -0.686. The first-order valence-electron chi connectivity index (χ1n) is 4.24. The van der Waals surface area contributed by atoms with Crippen LogP contribution in [0.4, 0.5) is 0 Å². The first-order chi connectivity index (χ1) is 5.62. The molecule has 0 amide bonds. The first-order valence-corrected chi connectivity index (χ1v) is 5.18. The summed E-state index contributed by atoms with van der Waals surface area (Å²) in [6.45, 7) is 3.86. The predicted molar refractivity (Wildman–Crippen MR) is 47.2 cm³/mol. The van der Waals surface area contributed by atoms with E-state index in [2.05, 4.69) is 0 Å². The van der Waals surface area contributed by atoms with Gasteiger partial charge in [-0.2, -0.15) is 0 Å². The third-order valence-corrected chi connectivity index (χ3v) is 4.74. The van der Waals surface area contributed by atoms with Crippen LogP contribution >= 0.6 is 11.8 Å². The summed E-state index contributed by atoms with van der Waals surface area (Å²) in [6, 6.07) is 0. The Kier molecular flexibility index (Phi) is 1.91. The van der Waals surface area contributed by atoms with Gasteiger partial charge >= 0.3 is 0 Å². The van der Waals surface area contributed by atoms with E-state index in [1.165, 1.54) is 0 Å². The van der Waals surface area contributed by atoms with Crippen LogP contribution in [0.5, 0.6) is 0 Å². The topological polar surface area (TPSA) is 49.7 Å². The zero-order valence-corrected chi connectivity index (χ0v) is 8.04. The van der Waals surface area contributed by atoms with Gasteiger partial charge in [0, 0.05) is 5.25 Å². The number of ether oxygens (including phenoxy) is 1. The normalized spacial score (nSPS) is 58.0. The van der Waals surface area contributed by atoms with E-state index in [0.717, 1.165) is 0 Å². The van der Waals surface area contributed by atoms with E-state index in [4.69, 9.17) is 4.74 Å². The Hall–Kier alpha value is 0.230. The van der Waals surface area contributed by atoms with Gasteiger partial charge in [0.1, 0.15) is 11.7 Å². The molecule has 0 aliphatic carbocycles. The van der Waals surface area contributed by atoms with Crippen LogP contribution in [0.15, 0.2) is 0 Å². The molecule has 2 saturated heterocycles. The Morgan fingerprint density at radius 1 is 1.50 bits per heavy atom. The molecule has 0 aromatic rings. The maximum Gasteiger partial charge on any atom is 0.130 e. The number of thioether (sulfide) groups is 1. The summed E-state index contributed by atoms with van der Waals surface area (Å²) in [5.41, 5.74) is -0.686. The number of aliphatic hydroxyl groups is 2. The van der Waals surface area contributed by atoms with Crippen molar-refractivity contribution in [3.05, 3.63) is 0 Å². The molecular weight excluding hydrogens is 176 g/mol. The molecule has 2 fully saturated rings. The molecule has 5 atom stereocenters. The molecule has 0 saturated carbocycles. The maximum absolute atomic E-state index is 9.81. The molecule has 12 heavy (non-hydrogen) atoms. The number of hydrogen-bond donors (Lipinski definition) is 2. The van der Waals surface area contributed by atoms with Gasteiger partial charge in [0.25, 0.3) is 0 Å². The summed E-state index contributed by atoms with van der Waals surface area (Å²) < 4.78 is 5.60. The van der Waals surface area contributed by atoms with Gasteiger partial charge in [0.05, 0.1) is 18.0 Å². The van der Waals surface area contributed by atoms with Gasteiger partial charge in [-0.25, -0.2) is 0 Å². The quantitative estimate of drug-likeness (QED) is 0.611. The van der Waals surface area contributed by atoms with E-state index in [9.17, 15) is 10.2 Å². The lowest BCUT2D eigenvalue weighted by Gasteiger charge is -2.33. The van der Waals surface area contributed by atoms with Crippen LogP contribution in [0, 0.1) is 0 Å². The van der Waals surface area contributed by atoms with Crippen LogP contribution in [-0.4, -0.2) is 45.1 Å². The standard InChI is InChI=1S/C8H14O3S/c1-4-6-7(10)8(3-9,11-4)5(2)12-6/h4-7,9-10H,3H2,1-2H3/t4-,5-,6-,7-,8-/m0/s1. The number of fused-ring (bicyclic) bond motifs is 2. The highest BCUT2D eigenvalue weighted by Crippen LogP contribution is 2.51. The third kappa shape index (κ3) is 0.839. The second-order valence-electron chi connectivity index (χ2n) is 3.62. The van der Waals surface area contributed by atoms with Crippen molar-refractivity contribution < 1.29 is 14.9 Å². The third-order valence-electron chi connectivity index (χ3n) is 2.98. The molecule has 2 aliphatic rings. The van der Waals surface area contributed by atoms with Crippen LogP contribution in [0.3, 0.4) is 0 Å². The van der Waals surface area contributed by atoms with Gasteiger partial charge < -0.3 is 14.9 Å². The summed E-state index contributed by atoms with van der Waals surface area (Å²) >= 11 is 1.72. The summed E-state index contributed by atoms with van der Waals surface area (Å²) in [4.78, 5) is 0. The number of aliphatic hydroxyl groups excluding tert-OH is 2. The zero-order chi connectivity index (χ0) is 8.93. The van der Waals surface area contributed by atoms with Gasteiger partial charge in [-0.3, -0.25) is 0 Å². The fourth-order valence-corrected chi connectivity index (χ4v) is 3.78. The lowest BCUT2D eigenvalue weighted by Crippen LogP contribution is -2.48. The van der Waals surface area contributed by atoms with Gasteiger partial charge in [-0.1, -0.05) is 6.92 Å². The van der Waals surface area contributed by atoms with Crippen LogP contribution in [0.2, 0.25) is 0 Å². The van der Waals surface area contributed by atoms with E-state index >= 15 is 0 Å². The Labute approximate surface area is 76.1 Å². The minimum Gasteiger partial charge on any atom is -0.393 e. The fourth-order valence-electron chi connectivity index (χ4n) is 2.15. The maximum atomic E-state index is 9.81. The summed E-state index contributed by atoms with van der Waals surface area (Å²) in [6.07, 6.45) is -0.439. The molecule has 0 radical (unpaired) electrons. The van der Waals surface area contributed by atoms with Crippen LogP contribution in [0.1, 0.15) is 13.8 Å². The zero-order valence-electron chi connectivity index (χ0n) is 7.23. The van der Waals surface area contributed by atoms with Crippen molar-refractivity contribution >= 4 is 11.8 Å². The SMILES string of the molecule is C[C@@H]1O[C@@]2(CO)[C@H](C)S[C@@H]1[C@@H]2O. The Morgan fingerprint density at radius 3 is 2.50 bits per heavy atom. The number of hydrogen-bond acceptors (Lipinski definition) is 4. The van der Waals surface area contributed by atoms with Crippen LogP contribution in [0.25, 0.3) is 0 Å². The molecule has 2 aliphatic heterocycles. The second-order valence-corrected chi connectivity index (χ2v) is 5.15. The molecule has 0 aromatic heterocycles. The van der Waals surface area contributed by atoms with Crippen molar-refractivity contribution in [3.8, 4) is 0 Å². The predicted octanol–water partition coefficient (Wildman–Crippen LogP) is 0.00100. The highest BCUT2D eigenvalue weighted by Gasteiger charge is 2.62. The van der Waals surface area contributed by atoms with Crippen molar-refractivity contribution in [3.63, 3.8) is 0 Å². The van der Waals surface area contributed by atoms with Crippen molar-refractivity contribution in [2.45, 2.75) is 42.2 Å². The highest BCUT2D eigenvalue weighted by molar-refractivity contribution is 8.01. The van der Waals surface area contributed by atoms with Gasteiger partial charge in [-0.05, 0) is 6.92 Å². The van der Waals surface area contributed by atoms with E-state index in [0.29, 0.717) is 0 Å². The summed E-state index contributed by atoms with van der Waals surface area (Å²) in [7, 11) is 0. The summed E-state index contributed by atoms with van der Waals surface area (Å²) in [5, 5.41) is 19.4. The second kappa shape index (κ2) is 2.61. The molecule has 4 heteroatoms. The minimum absolute atomic E-state index is 0.0633. The van der Waals surface area contributed by atoms with Crippen LogP contribution < -0.4 is 0 Å². The van der Waals surface area contributed by atoms with Crippen molar-refractivity contribution in [2.24, 2.45) is 0 Å². The van der Waals surface area contributed by atoms with E-state index < -0.39 is 11.7 Å². The Morgan fingerprint density at radius 2 is 2.17 bits per heavy atom. The van der Waals surface area contributed by atoms with E-state index in [1.807, 2.05) is 13.8 Å². The molecule has 2 bridgehead atoms. The molecule has 2 N–H and O–H groups in total. The van der Waals surface area contributed by atoms with Crippen molar-refractivity contribution in [1.82, 2.24) is 0 Å². The molecule has 0 aromatic carbocycles. The Balaban J connectivity index is 2.30. The largest absolute Gasteiger partial charge is 0.393 e. The molecule has 70 valence electrons. The molecule has 0 spiro atoms.